The van der Waals surface area contributed by atoms with E-state index in [1.165, 1.54) is 16.3 Å². The summed E-state index contributed by atoms with van der Waals surface area (Å²) in [6, 6.07) is 14.9. The van der Waals surface area contributed by atoms with Gasteiger partial charge in [-0.05, 0) is 22.8 Å². The van der Waals surface area contributed by atoms with Crippen LogP contribution in [0, 0.1) is 0 Å². The summed E-state index contributed by atoms with van der Waals surface area (Å²) in [6.07, 6.45) is 4.66. The van der Waals surface area contributed by atoms with Crippen LogP contribution in [-0.2, 0) is 6.54 Å². The molecule has 0 unspecified atom stereocenters. The highest BCUT2D eigenvalue weighted by Gasteiger charge is 2.10. The first kappa shape index (κ1) is 12.9. The van der Waals surface area contributed by atoms with Gasteiger partial charge in [0.05, 0.1) is 12.0 Å². The lowest BCUT2D eigenvalue weighted by Crippen LogP contribution is -2.14. The molecule has 0 aliphatic heterocycles. The summed E-state index contributed by atoms with van der Waals surface area (Å²) < 4.78 is 2.15. The number of rotatable bonds is 4. The van der Waals surface area contributed by atoms with E-state index in [-0.39, 0.29) is 6.04 Å². The van der Waals surface area contributed by atoms with Gasteiger partial charge in [0.25, 0.3) is 0 Å². The van der Waals surface area contributed by atoms with Crippen molar-refractivity contribution in [1.82, 2.24) is 9.55 Å². The molecule has 3 nitrogen and oxygen atoms in total. The zero-order valence-corrected chi connectivity index (χ0v) is 11.7. The van der Waals surface area contributed by atoms with Crippen LogP contribution in [0.1, 0.15) is 30.6 Å². The third kappa shape index (κ3) is 2.32. The molecule has 3 aromatic rings. The predicted molar refractivity (Wildman–Crippen MR) is 82.5 cm³/mol. The molecule has 0 amide bonds. The number of hydrogen-bond acceptors (Lipinski definition) is 2. The van der Waals surface area contributed by atoms with Gasteiger partial charge in [0.1, 0.15) is 0 Å². The Morgan fingerprint density at radius 3 is 2.80 bits per heavy atom. The SMILES string of the molecule is CC[C@@H](N)c1cncn1Cc1cccc2ccccc12. The highest BCUT2D eigenvalue weighted by molar-refractivity contribution is 5.85. The van der Waals surface area contributed by atoms with Crippen LogP contribution in [0.5, 0.6) is 0 Å². The van der Waals surface area contributed by atoms with Gasteiger partial charge < -0.3 is 10.3 Å². The monoisotopic (exact) mass is 265 g/mol. The van der Waals surface area contributed by atoms with Gasteiger partial charge >= 0.3 is 0 Å². The molecule has 0 aliphatic rings. The second-order valence-electron chi connectivity index (χ2n) is 5.10. The Balaban J connectivity index is 2.00. The summed E-state index contributed by atoms with van der Waals surface area (Å²) in [5, 5.41) is 2.56. The molecule has 0 bridgehead atoms. The van der Waals surface area contributed by atoms with E-state index < -0.39 is 0 Å². The lowest BCUT2D eigenvalue weighted by atomic mass is 10.0. The molecular weight excluding hydrogens is 246 g/mol. The second kappa shape index (κ2) is 5.47. The molecule has 102 valence electrons. The Kier molecular flexibility index (Phi) is 3.52. The largest absolute Gasteiger partial charge is 0.329 e. The van der Waals surface area contributed by atoms with Crippen molar-refractivity contribution >= 4 is 10.8 Å². The number of imidazole rings is 1. The molecule has 3 rings (SSSR count). The van der Waals surface area contributed by atoms with Crippen molar-refractivity contribution in [2.75, 3.05) is 0 Å². The van der Waals surface area contributed by atoms with Crippen molar-refractivity contribution < 1.29 is 0 Å². The average molecular weight is 265 g/mol. The number of fused-ring (bicyclic) bond motifs is 1. The number of nitrogens with two attached hydrogens (primary N) is 1. The fourth-order valence-corrected chi connectivity index (χ4v) is 2.59. The molecule has 0 saturated carbocycles. The van der Waals surface area contributed by atoms with Crippen LogP contribution < -0.4 is 5.73 Å². The van der Waals surface area contributed by atoms with Crippen molar-refractivity contribution in [1.29, 1.82) is 0 Å². The maximum Gasteiger partial charge on any atom is 0.0951 e. The third-order valence-electron chi connectivity index (χ3n) is 3.78. The zero-order chi connectivity index (χ0) is 13.9. The first-order valence-electron chi connectivity index (χ1n) is 7.02. The van der Waals surface area contributed by atoms with Gasteiger partial charge in [0, 0.05) is 18.8 Å². The van der Waals surface area contributed by atoms with Gasteiger partial charge in [-0.1, -0.05) is 49.4 Å². The van der Waals surface area contributed by atoms with Gasteiger partial charge in [-0.25, -0.2) is 4.98 Å². The van der Waals surface area contributed by atoms with E-state index >= 15 is 0 Å². The Morgan fingerprint density at radius 2 is 1.95 bits per heavy atom. The summed E-state index contributed by atoms with van der Waals surface area (Å²) in [4.78, 5) is 4.25. The standard InChI is InChI=1S/C17H19N3/c1-2-16(18)17-10-19-12-20(17)11-14-8-5-7-13-6-3-4-9-15(13)14/h3-10,12,16H,2,11,18H2,1H3/t16-/m1/s1. The minimum absolute atomic E-state index is 0.0486. The molecule has 2 aromatic carbocycles. The lowest BCUT2D eigenvalue weighted by molar-refractivity contribution is 0.619. The van der Waals surface area contributed by atoms with E-state index in [1.807, 2.05) is 12.5 Å². The molecular formula is C17H19N3. The van der Waals surface area contributed by atoms with Crippen LogP contribution in [0.3, 0.4) is 0 Å². The maximum atomic E-state index is 6.14. The maximum absolute atomic E-state index is 6.14. The van der Waals surface area contributed by atoms with E-state index in [0.717, 1.165) is 18.7 Å². The number of benzene rings is 2. The summed E-state index contributed by atoms with van der Waals surface area (Å²) >= 11 is 0. The third-order valence-corrected chi connectivity index (χ3v) is 3.78. The van der Waals surface area contributed by atoms with Crippen molar-refractivity contribution in [2.24, 2.45) is 5.73 Å². The van der Waals surface area contributed by atoms with Gasteiger partial charge in [-0.2, -0.15) is 0 Å². The zero-order valence-electron chi connectivity index (χ0n) is 11.7. The Bertz CT molecular complexity index is 710. The normalized spacial score (nSPS) is 12.7. The lowest BCUT2D eigenvalue weighted by Gasteiger charge is -2.14. The van der Waals surface area contributed by atoms with Gasteiger partial charge in [0.15, 0.2) is 0 Å². The van der Waals surface area contributed by atoms with Crippen LogP contribution >= 0.6 is 0 Å². The van der Waals surface area contributed by atoms with Crippen LogP contribution in [0.25, 0.3) is 10.8 Å². The highest BCUT2D eigenvalue weighted by Crippen LogP contribution is 2.21. The van der Waals surface area contributed by atoms with E-state index in [9.17, 15) is 0 Å². The molecule has 2 N–H and O–H groups in total. The number of hydrogen-bond donors (Lipinski definition) is 1. The Labute approximate surface area is 119 Å². The summed E-state index contributed by atoms with van der Waals surface area (Å²) in [5.41, 5.74) is 8.54. The van der Waals surface area contributed by atoms with Gasteiger partial charge in [-0.3, -0.25) is 0 Å². The Morgan fingerprint density at radius 1 is 1.15 bits per heavy atom. The first-order valence-corrected chi connectivity index (χ1v) is 7.02. The molecule has 1 aromatic heterocycles. The fraction of sp³-hybridized carbons (Fsp3) is 0.235. The number of aromatic nitrogens is 2. The minimum atomic E-state index is 0.0486. The molecule has 1 atom stereocenters. The van der Waals surface area contributed by atoms with E-state index in [0.29, 0.717) is 0 Å². The van der Waals surface area contributed by atoms with E-state index in [4.69, 9.17) is 5.73 Å². The predicted octanol–water partition coefficient (Wildman–Crippen LogP) is 3.49. The number of nitrogens with zero attached hydrogens (tertiary/aromatic N) is 2. The van der Waals surface area contributed by atoms with Crippen molar-refractivity contribution in [3.63, 3.8) is 0 Å². The summed E-state index contributed by atoms with van der Waals surface area (Å²) in [7, 11) is 0. The van der Waals surface area contributed by atoms with Crippen molar-refractivity contribution in [2.45, 2.75) is 25.9 Å². The van der Waals surface area contributed by atoms with Gasteiger partial charge in [-0.15, -0.1) is 0 Å². The summed E-state index contributed by atoms with van der Waals surface area (Å²) in [6.45, 7) is 2.91. The topological polar surface area (TPSA) is 43.8 Å². The first-order chi connectivity index (χ1) is 9.79. The molecule has 0 aliphatic carbocycles. The van der Waals surface area contributed by atoms with Crippen LogP contribution in [0.15, 0.2) is 55.0 Å². The van der Waals surface area contributed by atoms with E-state index in [1.54, 1.807) is 0 Å². The fourth-order valence-electron chi connectivity index (χ4n) is 2.59. The Hall–Kier alpha value is -2.13. The van der Waals surface area contributed by atoms with Crippen LogP contribution in [0.4, 0.5) is 0 Å². The van der Waals surface area contributed by atoms with Crippen LogP contribution in [0.2, 0.25) is 0 Å². The van der Waals surface area contributed by atoms with Crippen LogP contribution in [-0.4, -0.2) is 9.55 Å². The molecule has 3 heteroatoms. The quantitative estimate of drug-likeness (QED) is 0.784. The molecule has 0 radical (unpaired) electrons. The van der Waals surface area contributed by atoms with Crippen molar-refractivity contribution in [3.8, 4) is 0 Å². The molecule has 0 fully saturated rings. The molecule has 20 heavy (non-hydrogen) atoms. The summed E-state index contributed by atoms with van der Waals surface area (Å²) in [5.74, 6) is 0. The minimum Gasteiger partial charge on any atom is -0.329 e. The molecule has 1 heterocycles. The van der Waals surface area contributed by atoms with Gasteiger partial charge in [0.2, 0.25) is 0 Å². The second-order valence-corrected chi connectivity index (χ2v) is 5.10. The van der Waals surface area contributed by atoms with E-state index in [2.05, 4.69) is 58.9 Å². The average Bonchev–Trinajstić information content (AvgIpc) is 2.95. The smallest absolute Gasteiger partial charge is 0.0951 e. The molecule has 0 spiro atoms. The molecule has 0 saturated heterocycles. The van der Waals surface area contributed by atoms with Crippen molar-refractivity contribution in [3.05, 3.63) is 66.2 Å². The highest BCUT2D eigenvalue weighted by atomic mass is 15.1.